The number of amides is 11. The Morgan fingerprint density at radius 1 is 0.526 bits per heavy atom. The van der Waals surface area contributed by atoms with Crippen molar-refractivity contribution in [1.29, 1.82) is 0 Å². The van der Waals surface area contributed by atoms with Crippen LogP contribution in [-0.4, -0.2) is 177 Å². The number of carboxylic acids is 1. The van der Waals surface area contributed by atoms with Crippen molar-refractivity contribution in [2.24, 2.45) is 41.1 Å². The van der Waals surface area contributed by atoms with Gasteiger partial charge in [0, 0.05) is 13.0 Å². The lowest BCUT2D eigenvalue weighted by Crippen LogP contribution is -2.62. The molecule has 0 aliphatic carbocycles. The summed E-state index contributed by atoms with van der Waals surface area (Å²) in [5.41, 5.74) is 11.3. The molecule has 0 aromatic heterocycles. The van der Waals surface area contributed by atoms with Crippen LogP contribution < -0.4 is 59.3 Å². The Kier molecular flexibility index (Phi) is 30.1. The SMILES string of the molecule is CC[C@H](C)[C@H](NC(=O)[C@H](CC(C)C)NC(=O)[C@H](CO)NC(=O)[C@@H](N)CC(C)C)C(=O)N[C@@H](CO)C(=O)N1CCC[C@H]1C(=O)N[C@@H](CC(C)C)C(=O)N[C@@H](C)C(=O)N[C@@H](CCC(N)=O)C(=O)N[C@@H](C)C(=O)N[C@H](C(=O)O)C(C)C. The van der Waals surface area contributed by atoms with Gasteiger partial charge in [0.05, 0.1) is 19.3 Å². The lowest BCUT2D eigenvalue weighted by atomic mass is 9.96. The molecule has 0 spiro atoms. The molecule has 1 fully saturated rings. The summed E-state index contributed by atoms with van der Waals surface area (Å²) in [4.78, 5) is 160. The van der Waals surface area contributed by atoms with Crippen LogP contribution in [0.3, 0.4) is 0 Å². The Balaban J connectivity index is 3.24. The summed E-state index contributed by atoms with van der Waals surface area (Å²) in [5, 5.41) is 52.4. The van der Waals surface area contributed by atoms with Crippen LogP contribution in [0.4, 0.5) is 0 Å². The van der Waals surface area contributed by atoms with Gasteiger partial charge in [-0.1, -0.05) is 75.7 Å². The van der Waals surface area contributed by atoms with E-state index in [1.165, 1.54) is 13.8 Å². The summed E-state index contributed by atoms with van der Waals surface area (Å²) in [5.74, 6) is -11.7. The third kappa shape index (κ3) is 23.2. The van der Waals surface area contributed by atoms with Crippen molar-refractivity contribution in [2.45, 2.75) is 201 Å². The van der Waals surface area contributed by atoms with Crippen molar-refractivity contribution in [3.63, 3.8) is 0 Å². The zero-order valence-electron chi connectivity index (χ0n) is 47.4. The second-order valence-corrected chi connectivity index (χ2v) is 21.8. The molecule has 1 saturated heterocycles. The van der Waals surface area contributed by atoms with E-state index in [4.69, 9.17) is 11.5 Å². The Morgan fingerprint density at radius 3 is 1.44 bits per heavy atom. The number of hydrogen-bond acceptors (Lipinski definition) is 15. The van der Waals surface area contributed by atoms with E-state index in [2.05, 4.69) is 47.9 Å². The van der Waals surface area contributed by atoms with E-state index in [9.17, 15) is 72.9 Å². The minimum Gasteiger partial charge on any atom is -0.480 e. The maximum atomic E-state index is 14.1. The van der Waals surface area contributed by atoms with E-state index in [0.29, 0.717) is 19.3 Å². The van der Waals surface area contributed by atoms with Crippen LogP contribution in [-0.2, 0) is 57.5 Å². The standard InChI is InChI=1S/C51H90N12O15/c1-13-28(10)40(62-46(72)34(21-26(6)7)57-47(73)35(22-64)59-43(69)31(52)19-24(2)3)49(75)60-36(23-65)50(76)63-18-14-15-37(63)48(74)58-33(20-25(4)5)45(71)55-29(11)41(67)56-32(16-17-38(53)66)44(70)54-30(12)42(68)61-39(27(8)9)51(77)78/h24-37,39-40,64-65H,13-23,52H2,1-12H3,(H2,53,66)(H,54,70)(H,55,71)(H,56,67)(H,57,73)(H,58,74)(H,59,69)(H,60,75)(H,61,68)(H,62,72)(H,77,78)/t28-,29-,30-,31-,32-,33-,34-,35-,36-,37-,39-,40-/m0/s1. The number of aliphatic carboxylic acids is 1. The molecule has 1 aliphatic rings. The Bertz CT molecular complexity index is 2090. The maximum absolute atomic E-state index is 14.1. The van der Waals surface area contributed by atoms with Crippen LogP contribution in [0.2, 0.25) is 0 Å². The van der Waals surface area contributed by atoms with Crippen LogP contribution in [0.5, 0.6) is 0 Å². The van der Waals surface area contributed by atoms with E-state index >= 15 is 0 Å². The topological polar surface area (TPSA) is 429 Å². The predicted octanol–water partition coefficient (Wildman–Crippen LogP) is -3.12. The molecule has 0 bridgehead atoms. The number of carbonyl (C=O) groups is 12. The number of primary amides is 1. The number of nitrogens with zero attached hydrogens (tertiary/aromatic N) is 1. The van der Waals surface area contributed by atoms with Gasteiger partial charge in [-0.15, -0.1) is 0 Å². The molecule has 1 rings (SSSR count). The van der Waals surface area contributed by atoms with Gasteiger partial charge in [-0.25, -0.2) is 4.79 Å². The molecule has 27 heteroatoms. The minimum atomic E-state index is -1.60. The first-order valence-corrected chi connectivity index (χ1v) is 26.8. The third-order valence-corrected chi connectivity index (χ3v) is 13.0. The van der Waals surface area contributed by atoms with E-state index in [1.54, 1.807) is 55.4 Å². The molecule has 1 aliphatic heterocycles. The number of nitrogens with two attached hydrogens (primary N) is 2. The molecule has 0 radical (unpaired) electrons. The average Bonchev–Trinajstić information content (AvgIpc) is 3.85. The molecule has 12 atom stereocenters. The molecule has 27 nitrogen and oxygen atoms in total. The van der Waals surface area contributed by atoms with Gasteiger partial charge in [0.2, 0.25) is 65.0 Å². The summed E-state index contributed by atoms with van der Waals surface area (Å²) < 4.78 is 0. The fourth-order valence-electron chi connectivity index (χ4n) is 8.34. The zero-order valence-corrected chi connectivity index (χ0v) is 47.4. The van der Waals surface area contributed by atoms with E-state index in [1.807, 2.05) is 13.8 Å². The molecular formula is C51H90N12O15. The summed E-state index contributed by atoms with van der Waals surface area (Å²) in [7, 11) is 0. The van der Waals surface area contributed by atoms with Gasteiger partial charge in [-0.2, -0.15) is 0 Å². The van der Waals surface area contributed by atoms with Crippen LogP contribution in [0, 0.1) is 29.6 Å². The fourth-order valence-corrected chi connectivity index (χ4v) is 8.34. The number of carbonyl (C=O) groups excluding carboxylic acids is 11. The van der Waals surface area contributed by atoms with Crippen molar-refractivity contribution in [3.8, 4) is 0 Å². The van der Waals surface area contributed by atoms with E-state index in [-0.39, 0.29) is 56.4 Å². The molecule has 0 aromatic rings. The van der Waals surface area contributed by atoms with Crippen LogP contribution >= 0.6 is 0 Å². The second-order valence-electron chi connectivity index (χ2n) is 21.8. The van der Waals surface area contributed by atoms with Gasteiger partial charge >= 0.3 is 5.97 Å². The monoisotopic (exact) mass is 1110 g/mol. The van der Waals surface area contributed by atoms with E-state index < -0.39 is 162 Å². The number of likely N-dealkylation sites (tertiary alicyclic amines) is 1. The second kappa shape index (κ2) is 33.7. The van der Waals surface area contributed by atoms with Gasteiger partial charge in [-0.05, 0) is 82.0 Å². The smallest absolute Gasteiger partial charge is 0.326 e. The number of nitrogens with one attached hydrogen (secondary N) is 9. The Morgan fingerprint density at radius 2 is 0.962 bits per heavy atom. The highest BCUT2D eigenvalue weighted by atomic mass is 16.4. The van der Waals surface area contributed by atoms with Crippen LogP contribution in [0.1, 0.15) is 134 Å². The van der Waals surface area contributed by atoms with Gasteiger partial charge in [-0.3, -0.25) is 52.7 Å². The van der Waals surface area contributed by atoms with Crippen molar-refractivity contribution in [2.75, 3.05) is 19.8 Å². The number of rotatable bonds is 34. The van der Waals surface area contributed by atoms with Crippen molar-refractivity contribution in [1.82, 2.24) is 52.8 Å². The minimum absolute atomic E-state index is 0.0251. The van der Waals surface area contributed by atoms with Crippen LogP contribution in [0.15, 0.2) is 0 Å². The summed E-state index contributed by atoms with van der Waals surface area (Å²) in [6.07, 6.45) is 0.580. The lowest BCUT2D eigenvalue weighted by Gasteiger charge is -2.31. The van der Waals surface area contributed by atoms with Crippen LogP contribution in [0.25, 0.3) is 0 Å². The molecule has 16 N–H and O–H groups in total. The summed E-state index contributed by atoms with van der Waals surface area (Å²) in [6, 6.07) is -14.3. The first-order chi connectivity index (χ1) is 36.3. The van der Waals surface area contributed by atoms with Gasteiger partial charge in [0.25, 0.3) is 0 Å². The largest absolute Gasteiger partial charge is 0.480 e. The number of carboxylic acid groups (broad SMARTS) is 1. The number of aliphatic hydroxyl groups excluding tert-OH is 2. The molecule has 1 heterocycles. The maximum Gasteiger partial charge on any atom is 0.326 e. The quantitative estimate of drug-likeness (QED) is 0.0303. The average molecular weight is 1110 g/mol. The van der Waals surface area contributed by atoms with Crippen molar-refractivity contribution < 1.29 is 72.9 Å². The molecular weight excluding hydrogens is 1020 g/mol. The lowest BCUT2D eigenvalue weighted by molar-refractivity contribution is -0.143. The zero-order chi connectivity index (χ0) is 59.9. The number of hydrogen-bond donors (Lipinski definition) is 14. The summed E-state index contributed by atoms with van der Waals surface area (Å²) >= 11 is 0. The molecule has 78 heavy (non-hydrogen) atoms. The molecule has 0 aromatic carbocycles. The first-order valence-electron chi connectivity index (χ1n) is 26.8. The molecule has 0 unspecified atom stereocenters. The summed E-state index contributed by atoms with van der Waals surface area (Å²) in [6.45, 7) is 18.3. The number of aliphatic hydroxyl groups is 2. The van der Waals surface area contributed by atoms with Crippen molar-refractivity contribution >= 4 is 70.9 Å². The van der Waals surface area contributed by atoms with Crippen molar-refractivity contribution in [3.05, 3.63) is 0 Å². The molecule has 11 amide bonds. The Labute approximate surface area is 457 Å². The fraction of sp³-hybridized carbons (Fsp3) is 0.765. The third-order valence-electron chi connectivity index (χ3n) is 13.0. The normalized spacial score (nSPS) is 17.6. The van der Waals surface area contributed by atoms with Gasteiger partial charge in [0.15, 0.2) is 0 Å². The van der Waals surface area contributed by atoms with E-state index in [0.717, 1.165) is 4.90 Å². The molecule has 444 valence electrons. The predicted molar refractivity (Wildman–Crippen MR) is 284 cm³/mol. The van der Waals surface area contributed by atoms with Gasteiger partial charge in [0.1, 0.15) is 60.4 Å². The highest BCUT2D eigenvalue weighted by Gasteiger charge is 2.41. The first kappa shape index (κ1) is 69.5. The molecule has 0 saturated carbocycles. The Hall–Kier alpha value is -6.48. The highest BCUT2D eigenvalue weighted by molar-refractivity contribution is 5.99. The van der Waals surface area contributed by atoms with Gasteiger partial charge < -0.3 is 79.5 Å². The highest BCUT2D eigenvalue weighted by Crippen LogP contribution is 2.20.